The summed E-state index contributed by atoms with van der Waals surface area (Å²) in [5.74, 6) is 0.982. The Morgan fingerprint density at radius 3 is 1.73 bits per heavy atom. The lowest BCUT2D eigenvalue weighted by molar-refractivity contribution is -0.116. The van der Waals surface area contributed by atoms with E-state index in [1.165, 1.54) is 67.2 Å². The Morgan fingerprint density at radius 2 is 1.22 bits per heavy atom. The van der Waals surface area contributed by atoms with Gasteiger partial charge in [-0.15, -0.1) is 0 Å². The minimum atomic E-state index is -0.0794. The molecule has 1 N–H and O–H groups in total. The largest absolute Gasteiger partial charge is 0.493 e. The molecule has 41 heavy (non-hydrogen) atoms. The average molecular weight is 564 g/mol. The molecule has 3 heteroatoms. The van der Waals surface area contributed by atoms with Crippen molar-refractivity contribution in [3.8, 4) is 5.75 Å². The molecule has 230 valence electrons. The van der Waals surface area contributed by atoms with E-state index in [1.54, 1.807) is 0 Å². The summed E-state index contributed by atoms with van der Waals surface area (Å²) < 4.78 is 6.25. The van der Waals surface area contributed by atoms with E-state index < -0.39 is 0 Å². The van der Waals surface area contributed by atoms with Crippen LogP contribution in [-0.2, 0) is 27.5 Å². The van der Waals surface area contributed by atoms with Crippen LogP contribution in [-0.4, -0.2) is 12.5 Å². The molecule has 2 aromatic rings. The third-order valence-electron chi connectivity index (χ3n) is 8.05. The SMILES string of the molecule is CCCCCCCCCCOc1ccc(NC(=O)CCc2cc(C(C)(C)C)c(C)c(C(C)(C)C)c2)cc1C(C)(C)C. The fourth-order valence-electron chi connectivity index (χ4n) is 5.70. The first kappa shape index (κ1) is 34.9. The normalized spacial score (nSPS) is 12.5. The maximum atomic E-state index is 13.1. The predicted octanol–water partition coefficient (Wildman–Crippen LogP) is 11.0. The number of ether oxygens (including phenoxy) is 1. The summed E-state index contributed by atoms with van der Waals surface area (Å²) in [6, 6.07) is 10.7. The van der Waals surface area contributed by atoms with E-state index in [0.717, 1.165) is 36.4 Å². The highest BCUT2D eigenvalue weighted by Gasteiger charge is 2.25. The lowest BCUT2D eigenvalue weighted by atomic mass is 9.75. The number of nitrogens with one attached hydrogen (secondary N) is 1. The first-order valence-electron chi connectivity index (χ1n) is 16.3. The van der Waals surface area contributed by atoms with Gasteiger partial charge in [0, 0.05) is 17.7 Å². The van der Waals surface area contributed by atoms with Gasteiger partial charge >= 0.3 is 0 Å². The Labute approximate surface area is 253 Å². The molecule has 0 bridgehead atoms. The molecule has 0 aliphatic rings. The van der Waals surface area contributed by atoms with E-state index in [-0.39, 0.29) is 22.2 Å². The van der Waals surface area contributed by atoms with E-state index in [9.17, 15) is 4.79 Å². The number of carbonyl (C=O) groups is 1. The van der Waals surface area contributed by atoms with Crippen molar-refractivity contribution in [2.45, 2.75) is 157 Å². The van der Waals surface area contributed by atoms with E-state index in [2.05, 4.69) is 99.7 Å². The zero-order valence-electron chi connectivity index (χ0n) is 28.5. The summed E-state index contributed by atoms with van der Waals surface area (Å²) in [5.41, 5.74) is 7.37. The van der Waals surface area contributed by atoms with Gasteiger partial charge in [0.15, 0.2) is 0 Å². The van der Waals surface area contributed by atoms with Gasteiger partial charge in [0.2, 0.25) is 5.91 Å². The van der Waals surface area contributed by atoms with Gasteiger partial charge in [-0.25, -0.2) is 0 Å². The molecule has 0 aliphatic heterocycles. The number of anilines is 1. The van der Waals surface area contributed by atoms with Crippen molar-refractivity contribution < 1.29 is 9.53 Å². The third-order valence-corrected chi connectivity index (χ3v) is 8.05. The van der Waals surface area contributed by atoms with Crippen molar-refractivity contribution in [1.29, 1.82) is 0 Å². The lowest BCUT2D eigenvalue weighted by Gasteiger charge is -2.30. The molecular formula is C38H61NO2. The minimum Gasteiger partial charge on any atom is -0.493 e. The molecule has 2 rings (SSSR count). The zero-order valence-corrected chi connectivity index (χ0v) is 28.5. The van der Waals surface area contributed by atoms with Gasteiger partial charge in [0.1, 0.15) is 5.75 Å². The Morgan fingerprint density at radius 1 is 0.707 bits per heavy atom. The number of aryl methyl sites for hydroxylation is 1. The monoisotopic (exact) mass is 563 g/mol. The van der Waals surface area contributed by atoms with Gasteiger partial charge in [-0.3, -0.25) is 4.79 Å². The van der Waals surface area contributed by atoms with Gasteiger partial charge in [-0.05, 0) is 76.5 Å². The molecule has 2 aromatic carbocycles. The van der Waals surface area contributed by atoms with E-state index >= 15 is 0 Å². The third kappa shape index (κ3) is 11.5. The van der Waals surface area contributed by atoms with Gasteiger partial charge in [0.25, 0.3) is 0 Å². The number of amides is 1. The fraction of sp³-hybridized carbons (Fsp3) is 0.658. The standard InChI is InChI=1S/C38H61NO2/c1-12-13-14-15-16-17-18-19-24-41-34-22-21-30(27-33(34)38(9,10)11)39-35(40)23-20-29-25-31(36(3,4)5)28(2)32(26-29)37(6,7)8/h21-22,25-27H,12-20,23-24H2,1-11H3,(H,39,40). The molecule has 0 unspecified atom stereocenters. The molecule has 3 nitrogen and oxygen atoms in total. The fourth-order valence-corrected chi connectivity index (χ4v) is 5.70. The lowest BCUT2D eigenvalue weighted by Crippen LogP contribution is -2.21. The quantitative estimate of drug-likeness (QED) is 0.232. The second-order valence-electron chi connectivity index (χ2n) is 15.1. The summed E-state index contributed by atoms with van der Waals surface area (Å²) in [6.07, 6.45) is 11.5. The van der Waals surface area contributed by atoms with Crippen molar-refractivity contribution >= 4 is 11.6 Å². The Hall–Kier alpha value is -2.29. The van der Waals surface area contributed by atoms with Crippen molar-refractivity contribution in [2.24, 2.45) is 0 Å². The Bertz CT molecular complexity index is 1070. The molecule has 0 aliphatic carbocycles. The molecule has 0 radical (unpaired) electrons. The number of hydrogen-bond donors (Lipinski definition) is 1. The van der Waals surface area contributed by atoms with Gasteiger partial charge in [0.05, 0.1) is 6.61 Å². The molecular weight excluding hydrogens is 502 g/mol. The summed E-state index contributed by atoms with van der Waals surface area (Å²) >= 11 is 0. The molecule has 0 atom stereocenters. The molecule has 0 spiro atoms. The smallest absolute Gasteiger partial charge is 0.224 e. The van der Waals surface area contributed by atoms with Gasteiger partial charge < -0.3 is 10.1 Å². The van der Waals surface area contributed by atoms with Crippen LogP contribution in [0.1, 0.15) is 155 Å². The zero-order chi connectivity index (χ0) is 30.8. The van der Waals surface area contributed by atoms with E-state index in [0.29, 0.717) is 6.42 Å². The molecule has 0 heterocycles. The highest BCUT2D eigenvalue weighted by molar-refractivity contribution is 5.91. The highest BCUT2D eigenvalue weighted by atomic mass is 16.5. The topological polar surface area (TPSA) is 38.3 Å². The molecule has 1 amide bonds. The first-order valence-corrected chi connectivity index (χ1v) is 16.3. The van der Waals surface area contributed by atoms with Crippen molar-refractivity contribution in [3.05, 3.63) is 58.1 Å². The minimum absolute atomic E-state index is 0.0488. The van der Waals surface area contributed by atoms with E-state index in [4.69, 9.17) is 4.74 Å². The summed E-state index contributed by atoms with van der Waals surface area (Å²) in [5, 5.41) is 3.16. The van der Waals surface area contributed by atoms with Crippen LogP contribution in [0.4, 0.5) is 5.69 Å². The van der Waals surface area contributed by atoms with Crippen molar-refractivity contribution in [3.63, 3.8) is 0 Å². The van der Waals surface area contributed by atoms with Crippen LogP contribution >= 0.6 is 0 Å². The Kier molecular flexibility index (Phi) is 13.0. The Balaban J connectivity index is 2.02. The van der Waals surface area contributed by atoms with Crippen LogP contribution in [0.5, 0.6) is 5.75 Å². The highest BCUT2D eigenvalue weighted by Crippen LogP contribution is 2.36. The molecule has 0 saturated carbocycles. The second-order valence-corrected chi connectivity index (χ2v) is 15.1. The second kappa shape index (κ2) is 15.3. The number of carbonyl (C=O) groups excluding carboxylic acids is 1. The molecule has 0 aromatic heterocycles. The summed E-state index contributed by atoms with van der Waals surface area (Å²) in [7, 11) is 0. The van der Waals surface area contributed by atoms with Crippen LogP contribution in [0.3, 0.4) is 0 Å². The number of rotatable bonds is 14. The van der Waals surface area contributed by atoms with Crippen LogP contribution in [0.2, 0.25) is 0 Å². The molecule has 0 saturated heterocycles. The first-order chi connectivity index (χ1) is 19.0. The van der Waals surface area contributed by atoms with Gasteiger partial charge in [-0.2, -0.15) is 0 Å². The number of benzene rings is 2. The molecule has 0 fully saturated rings. The summed E-state index contributed by atoms with van der Waals surface area (Å²) in [4.78, 5) is 13.1. The average Bonchev–Trinajstić information content (AvgIpc) is 2.85. The maximum absolute atomic E-state index is 13.1. The van der Waals surface area contributed by atoms with Crippen molar-refractivity contribution in [1.82, 2.24) is 0 Å². The number of unbranched alkanes of at least 4 members (excludes halogenated alkanes) is 7. The van der Waals surface area contributed by atoms with Crippen LogP contribution in [0, 0.1) is 6.92 Å². The summed E-state index contributed by atoms with van der Waals surface area (Å²) in [6.45, 7) is 25.5. The van der Waals surface area contributed by atoms with Crippen LogP contribution in [0.15, 0.2) is 30.3 Å². The van der Waals surface area contributed by atoms with Crippen LogP contribution in [0.25, 0.3) is 0 Å². The number of hydrogen-bond acceptors (Lipinski definition) is 2. The van der Waals surface area contributed by atoms with Gasteiger partial charge in [-0.1, -0.05) is 126 Å². The maximum Gasteiger partial charge on any atom is 0.224 e. The predicted molar refractivity (Wildman–Crippen MR) is 179 cm³/mol. The van der Waals surface area contributed by atoms with Crippen molar-refractivity contribution in [2.75, 3.05) is 11.9 Å². The van der Waals surface area contributed by atoms with Crippen LogP contribution < -0.4 is 10.1 Å². The van der Waals surface area contributed by atoms with E-state index in [1.807, 2.05) is 12.1 Å².